The van der Waals surface area contributed by atoms with Crippen molar-refractivity contribution in [3.05, 3.63) is 65.3 Å². The normalized spacial score (nSPS) is 12.3. The van der Waals surface area contributed by atoms with Gasteiger partial charge in [0.25, 0.3) is 0 Å². The molecule has 0 saturated carbocycles. The Hall–Kier alpha value is -2.17. The van der Waals surface area contributed by atoms with Crippen molar-refractivity contribution >= 4 is 28.5 Å². The van der Waals surface area contributed by atoms with Gasteiger partial charge in [0.2, 0.25) is 0 Å². The van der Waals surface area contributed by atoms with E-state index in [0.717, 1.165) is 17.5 Å². The zero-order chi connectivity index (χ0) is 16.1. The average molecular weight is 328 g/mol. The van der Waals surface area contributed by atoms with Crippen molar-refractivity contribution in [1.29, 1.82) is 0 Å². The van der Waals surface area contributed by atoms with E-state index in [1.165, 1.54) is 5.56 Å². The van der Waals surface area contributed by atoms with E-state index in [2.05, 4.69) is 27.4 Å². The van der Waals surface area contributed by atoms with E-state index in [1.54, 1.807) is 0 Å². The molecule has 4 nitrogen and oxygen atoms in total. The lowest BCUT2D eigenvalue weighted by molar-refractivity contribution is 0.177. The molecule has 0 aliphatic heterocycles. The molecule has 0 aliphatic carbocycles. The molecule has 2 N–H and O–H groups in total. The van der Waals surface area contributed by atoms with Crippen LogP contribution in [0.15, 0.2) is 54.6 Å². The van der Waals surface area contributed by atoms with Gasteiger partial charge in [-0.15, -0.1) is 0 Å². The number of fused-ring (bicyclic) bond motifs is 1. The molecular formula is C18H18ClN3O. The van der Waals surface area contributed by atoms with Crippen molar-refractivity contribution in [2.45, 2.75) is 18.9 Å². The average Bonchev–Trinajstić information content (AvgIpc) is 2.59. The van der Waals surface area contributed by atoms with Gasteiger partial charge in [-0.2, -0.15) is 0 Å². The van der Waals surface area contributed by atoms with Crippen molar-refractivity contribution in [3.8, 4) is 0 Å². The Morgan fingerprint density at radius 2 is 1.61 bits per heavy atom. The quantitative estimate of drug-likeness (QED) is 0.725. The van der Waals surface area contributed by atoms with Gasteiger partial charge in [0.1, 0.15) is 0 Å². The molecule has 3 aromatic rings. The lowest BCUT2D eigenvalue weighted by Crippen LogP contribution is -2.21. The van der Waals surface area contributed by atoms with Crippen LogP contribution in [0.4, 0.5) is 5.82 Å². The maximum atomic E-state index is 10.1. The predicted octanol–water partition coefficient (Wildman–Crippen LogP) is 3.69. The fourth-order valence-corrected chi connectivity index (χ4v) is 2.59. The monoisotopic (exact) mass is 327 g/mol. The van der Waals surface area contributed by atoms with Crippen LogP contribution in [0.2, 0.25) is 5.15 Å². The molecule has 1 aromatic heterocycles. The molecular weight excluding hydrogens is 310 g/mol. The van der Waals surface area contributed by atoms with Crippen LogP contribution in [0, 0.1) is 0 Å². The molecule has 0 saturated heterocycles. The van der Waals surface area contributed by atoms with E-state index in [0.29, 0.717) is 23.9 Å². The number of nitrogens with one attached hydrogen (secondary N) is 1. The SMILES string of the molecule is OC(CCc1ccccc1)CNc1nc2ccccc2nc1Cl. The second-order valence-corrected chi connectivity index (χ2v) is 5.77. The Morgan fingerprint density at radius 3 is 2.35 bits per heavy atom. The molecule has 0 bridgehead atoms. The third kappa shape index (κ3) is 4.18. The minimum absolute atomic E-state index is 0.318. The van der Waals surface area contributed by atoms with Gasteiger partial charge < -0.3 is 10.4 Å². The fourth-order valence-electron chi connectivity index (χ4n) is 2.39. The largest absolute Gasteiger partial charge is 0.391 e. The van der Waals surface area contributed by atoms with Gasteiger partial charge in [0, 0.05) is 6.54 Å². The molecule has 1 unspecified atom stereocenters. The van der Waals surface area contributed by atoms with Crippen LogP contribution in [0.3, 0.4) is 0 Å². The lowest BCUT2D eigenvalue weighted by Gasteiger charge is -2.13. The fraction of sp³-hybridized carbons (Fsp3) is 0.222. The zero-order valence-corrected chi connectivity index (χ0v) is 13.4. The molecule has 1 atom stereocenters. The van der Waals surface area contributed by atoms with Gasteiger partial charge in [0.15, 0.2) is 11.0 Å². The van der Waals surface area contributed by atoms with Crippen LogP contribution in [0.1, 0.15) is 12.0 Å². The first-order valence-electron chi connectivity index (χ1n) is 7.60. The number of rotatable bonds is 6. The van der Waals surface area contributed by atoms with Crippen LogP contribution in [-0.2, 0) is 6.42 Å². The number of aliphatic hydroxyl groups excluding tert-OH is 1. The van der Waals surface area contributed by atoms with Gasteiger partial charge in [-0.1, -0.05) is 54.1 Å². The minimum Gasteiger partial charge on any atom is -0.391 e. The third-order valence-electron chi connectivity index (χ3n) is 3.64. The molecule has 0 fully saturated rings. The first kappa shape index (κ1) is 15.7. The summed E-state index contributed by atoms with van der Waals surface area (Å²) < 4.78 is 0. The molecule has 5 heteroatoms. The Bertz CT molecular complexity index is 780. The van der Waals surface area contributed by atoms with Gasteiger partial charge >= 0.3 is 0 Å². The first-order valence-corrected chi connectivity index (χ1v) is 7.98. The lowest BCUT2D eigenvalue weighted by atomic mass is 10.1. The predicted molar refractivity (Wildman–Crippen MR) is 93.8 cm³/mol. The number of aliphatic hydroxyl groups is 1. The van der Waals surface area contributed by atoms with Crippen molar-refractivity contribution in [1.82, 2.24) is 9.97 Å². The van der Waals surface area contributed by atoms with Crippen LogP contribution < -0.4 is 5.32 Å². The van der Waals surface area contributed by atoms with Gasteiger partial charge in [-0.05, 0) is 30.5 Å². The van der Waals surface area contributed by atoms with Crippen molar-refractivity contribution in [2.75, 3.05) is 11.9 Å². The summed E-state index contributed by atoms with van der Waals surface area (Å²) in [5.41, 5.74) is 2.75. The minimum atomic E-state index is -0.473. The summed E-state index contributed by atoms with van der Waals surface area (Å²) in [5, 5.41) is 13.5. The summed E-state index contributed by atoms with van der Waals surface area (Å²) in [6, 6.07) is 17.7. The summed E-state index contributed by atoms with van der Waals surface area (Å²) >= 11 is 6.14. The third-order valence-corrected chi connectivity index (χ3v) is 3.91. The topological polar surface area (TPSA) is 58.0 Å². The summed E-state index contributed by atoms with van der Waals surface area (Å²) in [7, 11) is 0. The maximum Gasteiger partial charge on any atom is 0.172 e. The highest BCUT2D eigenvalue weighted by atomic mass is 35.5. The van der Waals surface area contributed by atoms with Crippen molar-refractivity contribution in [3.63, 3.8) is 0 Å². The molecule has 0 spiro atoms. The van der Waals surface area contributed by atoms with Crippen LogP contribution in [0.5, 0.6) is 0 Å². The van der Waals surface area contributed by atoms with Crippen LogP contribution in [-0.4, -0.2) is 27.7 Å². The zero-order valence-electron chi connectivity index (χ0n) is 12.6. The van der Waals surface area contributed by atoms with E-state index in [9.17, 15) is 5.11 Å². The van der Waals surface area contributed by atoms with Gasteiger partial charge in [-0.3, -0.25) is 0 Å². The molecule has 0 amide bonds. The molecule has 23 heavy (non-hydrogen) atoms. The summed E-state index contributed by atoms with van der Waals surface area (Å²) in [6.45, 7) is 0.388. The number of aromatic nitrogens is 2. The highest BCUT2D eigenvalue weighted by Crippen LogP contribution is 2.21. The van der Waals surface area contributed by atoms with E-state index in [-0.39, 0.29) is 0 Å². The Labute approximate surface area is 140 Å². The molecule has 118 valence electrons. The number of hydrogen-bond donors (Lipinski definition) is 2. The summed E-state index contributed by atoms with van der Waals surface area (Å²) in [6.07, 6.45) is 1.04. The van der Waals surface area contributed by atoms with Gasteiger partial charge in [0.05, 0.1) is 17.1 Å². The number of aryl methyl sites for hydroxylation is 1. The number of hydrogen-bond acceptors (Lipinski definition) is 4. The van der Waals surface area contributed by atoms with E-state index < -0.39 is 6.10 Å². The molecule has 2 aromatic carbocycles. The number of para-hydroxylation sites is 2. The van der Waals surface area contributed by atoms with E-state index in [4.69, 9.17) is 11.6 Å². The highest BCUT2D eigenvalue weighted by Gasteiger charge is 2.09. The molecule has 0 radical (unpaired) electrons. The van der Waals surface area contributed by atoms with E-state index in [1.807, 2.05) is 42.5 Å². The molecule has 3 rings (SSSR count). The number of nitrogens with zero attached hydrogens (tertiary/aromatic N) is 2. The summed E-state index contributed by atoms with van der Waals surface area (Å²) in [5.74, 6) is 0.504. The van der Waals surface area contributed by atoms with Crippen molar-refractivity contribution < 1.29 is 5.11 Å². The second-order valence-electron chi connectivity index (χ2n) is 5.41. The Kier molecular flexibility index (Phi) is 5.05. The first-order chi connectivity index (χ1) is 11.2. The number of benzene rings is 2. The Morgan fingerprint density at radius 1 is 0.957 bits per heavy atom. The number of halogens is 1. The van der Waals surface area contributed by atoms with Crippen molar-refractivity contribution in [2.24, 2.45) is 0 Å². The summed E-state index contributed by atoms with van der Waals surface area (Å²) in [4.78, 5) is 8.75. The highest BCUT2D eigenvalue weighted by molar-refractivity contribution is 6.32. The number of anilines is 1. The second kappa shape index (κ2) is 7.40. The smallest absolute Gasteiger partial charge is 0.172 e. The van der Waals surface area contributed by atoms with Crippen LogP contribution in [0.25, 0.3) is 11.0 Å². The maximum absolute atomic E-state index is 10.1. The Balaban J connectivity index is 1.58. The molecule has 1 heterocycles. The van der Waals surface area contributed by atoms with Crippen LogP contribution >= 0.6 is 11.6 Å². The van der Waals surface area contributed by atoms with E-state index >= 15 is 0 Å². The standard InChI is InChI=1S/C18H18ClN3O/c19-17-18(22-16-9-5-4-8-15(16)21-17)20-12-14(23)11-10-13-6-2-1-3-7-13/h1-9,14,23H,10-12H2,(H,20,22). The molecule has 0 aliphatic rings. The van der Waals surface area contributed by atoms with Gasteiger partial charge in [-0.25, -0.2) is 9.97 Å².